The molecule has 5 heteroatoms. The summed E-state index contributed by atoms with van der Waals surface area (Å²) in [5, 5.41) is 9.91. The highest BCUT2D eigenvalue weighted by Gasteiger charge is 2.51. The molecule has 6 atom stereocenters. The Hall–Kier alpha value is -2.54. The average Bonchev–Trinajstić information content (AvgIpc) is 3.35. The summed E-state index contributed by atoms with van der Waals surface area (Å²) in [6.45, 7) is 2.12. The molecule has 1 saturated heterocycles. The van der Waals surface area contributed by atoms with Gasteiger partial charge < -0.3 is 24.1 Å². The Morgan fingerprint density at radius 3 is 1.75 bits per heavy atom. The smallest absolute Gasteiger partial charge is 0.113 e. The molecular formula is C31H36O5. The molecule has 2 aliphatic rings. The molecule has 1 N–H and O–H groups in total. The summed E-state index contributed by atoms with van der Waals surface area (Å²) in [4.78, 5) is 0. The molecule has 3 aromatic carbocycles. The Bertz CT molecular complexity index is 1030. The Morgan fingerprint density at radius 2 is 1.19 bits per heavy atom. The first kappa shape index (κ1) is 25.1. The predicted octanol–water partition coefficient (Wildman–Crippen LogP) is 5.16. The molecule has 5 nitrogen and oxygen atoms in total. The van der Waals surface area contributed by atoms with Crippen LogP contribution < -0.4 is 0 Å². The first-order valence-corrected chi connectivity index (χ1v) is 13.0. The molecule has 36 heavy (non-hydrogen) atoms. The van der Waals surface area contributed by atoms with Crippen molar-refractivity contribution >= 4 is 0 Å². The number of benzene rings is 3. The van der Waals surface area contributed by atoms with Crippen molar-refractivity contribution in [2.75, 3.05) is 13.2 Å². The zero-order chi connectivity index (χ0) is 24.6. The van der Waals surface area contributed by atoms with Crippen molar-refractivity contribution in [2.45, 2.75) is 57.1 Å². The molecule has 2 unspecified atom stereocenters. The first-order valence-electron chi connectivity index (χ1n) is 13.0. The average molecular weight is 489 g/mol. The van der Waals surface area contributed by atoms with Gasteiger partial charge in [0.05, 0.1) is 38.6 Å². The van der Waals surface area contributed by atoms with E-state index >= 15 is 0 Å². The highest BCUT2D eigenvalue weighted by molar-refractivity contribution is 5.15. The summed E-state index contributed by atoms with van der Waals surface area (Å²) in [6, 6.07) is 30.6. The minimum absolute atomic E-state index is 0.0322. The number of rotatable bonds is 11. The van der Waals surface area contributed by atoms with Gasteiger partial charge in [-0.25, -0.2) is 0 Å². The van der Waals surface area contributed by atoms with Crippen LogP contribution in [0.5, 0.6) is 0 Å². The van der Waals surface area contributed by atoms with Gasteiger partial charge in [-0.15, -0.1) is 0 Å². The number of hydrogen-bond acceptors (Lipinski definition) is 5. The van der Waals surface area contributed by atoms with Crippen LogP contribution in [0.1, 0.15) is 29.5 Å². The summed E-state index contributed by atoms with van der Waals surface area (Å²) in [6.07, 6.45) is 1.08. The molecule has 1 heterocycles. The molecule has 2 fully saturated rings. The van der Waals surface area contributed by atoms with Crippen LogP contribution in [0.15, 0.2) is 91.0 Å². The van der Waals surface area contributed by atoms with Crippen LogP contribution in [0.25, 0.3) is 0 Å². The fourth-order valence-corrected chi connectivity index (χ4v) is 5.50. The van der Waals surface area contributed by atoms with Gasteiger partial charge in [0.15, 0.2) is 0 Å². The predicted molar refractivity (Wildman–Crippen MR) is 138 cm³/mol. The van der Waals surface area contributed by atoms with E-state index in [1.807, 2.05) is 54.6 Å². The van der Waals surface area contributed by atoms with Crippen LogP contribution in [0.3, 0.4) is 0 Å². The van der Waals surface area contributed by atoms with E-state index in [0.29, 0.717) is 26.4 Å². The molecule has 1 aliphatic heterocycles. The molecule has 0 spiro atoms. The highest BCUT2D eigenvalue weighted by atomic mass is 16.6. The van der Waals surface area contributed by atoms with Crippen molar-refractivity contribution in [3.05, 3.63) is 108 Å². The second-order valence-electron chi connectivity index (χ2n) is 9.92. The monoisotopic (exact) mass is 488 g/mol. The molecule has 0 amide bonds. The molecular weight excluding hydrogens is 452 g/mol. The summed E-state index contributed by atoms with van der Waals surface area (Å²) in [5.74, 6) is 0.401. The Morgan fingerprint density at radius 1 is 0.667 bits per heavy atom. The van der Waals surface area contributed by atoms with E-state index in [4.69, 9.17) is 18.9 Å². The molecule has 0 bridgehead atoms. The van der Waals surface area contributed by atoms with Crippen LogP contribution >= 0.6 is 0 Å². The highest BCUT2D eigenvalue weighted by Crippen LogP contribution is 2.43. The fourth-order valence-electron chi connectivity index (χ4n) is 5.50. The number of ether oxygens (including phenoxy) is 4. The van der Waals surface area contributed by atoms with Gasteiger partial charge in [0.25, 0.3) is 0 Å². The zero-order valence-corrected chi connectivity index (χ0v) is 20.7. The van der Waals surface area contributed by atoms with Gasteiger partial charge in [0, 0.05) is 12.5 Å². The topological polar surface area (TPSA) is 57.2 Å². The molecule has 1 saturated carbocycles. The Labute approximate surface area is 214 Å². The van der Waals surface area contributed by atoms with Crippen LogP contribution in [0.2, 0.25) is 0 Å². The molecule has 1 aliphatic carbocycles. The van der Waals surface area contributed by atoms with Crippen molar-refractivity contribution in [1.29, 1.82) is 0 Å². The van der Waals surface area contributed by atoms with Gasteiger partial charge in [-0.05, 0) is 35.4 Å². The largest absolute Gasteiger partial charge is 0.396 e. The van der Waals surface area contributed by atoms with E-state index in [2.05, 4.69) is 36.4 Å². The number of aliphatic hydroxyl groups excluding tert-OH is 1. The molecule has 0 radical (unpaired) electrons. The van der Waals surface area contributed by atoms with E-state index in [9.17, 15) is 5.11 Å². The SMILES string of the molecule is OC[C@H]1CC2[C@@H](C1)OC(COCc1ccccc1)[C@H](OCc1ccccc1)[C@H]2OCc1ccccc1. The Balaban J connectivity index is 1.34. The van der Waals surface area contributed by atoms with Crippen LogP contribution in [-0.4, -0.2) is 42.7 Å². The van der Waals surface area contributed by atoms with Crippen molar-refractivity contribution in [3.63, 3.8) is 0 Å². The van der Waals surface area contributed by atoms with Crippen molar-refractivity contribution in [2.24, 2.45) is 11.8 Å². The van der Waals surface area contributed by atoms with Gasteiger partial charge >= 0.3 is 0 Å². The lowest BCUT2D eigenvalue weighted by Crippen LogP contribution is -2.56. The second-order valence-corrected chi connectivity index (χ2v) is 9.92. The Kier molecular flexibility index (Phi) is 8.81. The molecule has 190 valence electrons. The fraction of sp³-hybridized carbons (Fsp3) is 0.419. The lowest BCUT2D eigenvalue weighted by molar-refractivity contribution is -0.238. The van der Waals surface area contributed by atoms with Gasteiger partial charge in [-0.2, -0.15) is 0 Å². The number of aliphatic hydroxyl groups is 1. The summed E-state index contributed by atoms with van der Waals surface area (Å²) in [5.41, 5.74) is 3.38. The van der Waals surface area contributed by atoms with E-state index < -0.39 is 0 Å². The quantitative estimate of drug-likeness (QED) is 0.404. The standard InChI is InChI=1S/C31H36O5/c32-18-26-16-27-28(17-26)36-29(22-33-19-23-10-4-1-5-11-23)31(35-21-25-14-8-3-9-15-25)30(27)34-20-24-12-6-2-7-13-24/h1-15,26-32H,16-22H2/t26-,27?,28+,29?,30-,31-/m0/s1. The maximum absolute atomic E-state index is 9.91. The van der Waals surface area contributed by atoms with Gasteiger partial charge in [-0.3, -0.25) is 0 Å². The van der Waals surface area contributed by atoms with Gasteiger partial charge in [0.1, 0.15) is 12.2 Å². The van der Waals surface area contributed by atoms with Gasteiger partial charge in [-0.1, -0.05) is 91.0 Å². The van der Waals surface area contributed by atoms with Crippen LogP contribution in [0, 0.1) is 11.8 Å². The van der Waals surface area contributed by atoms with Crippen LogP contribution in [-0.2, 0) is 38.8 Å². The van der Waals surface area contributed by atoms with E-state index in [-0.39, 0.29) is 42.9 Å². The third kappa shape index (κ3) is 6.41. The number of hydrogen-bond donors (Lipinski definition) is 1. The molecule has 3 aromatic rings. The first-order chi connectivity index (χ1) is 17.8. The summed E-state index contributed by atoms with van der Waals surface area (Å²) < 4.78 is 26.0. The van der Waals surface area contributed by atoms with Crippen molar-refractivity contribution < 1.29 is 24.1 Å². The van der Waals surface area contributed by atoms with Crippen LogP contribution in [0.4, 0.5) is 0 Å². The minimum atomic E-state index is -0.275. The van der Waals surface area contributed by atoms with E-state index in [1.165, 1.54) is 0 Å². The summed E-state index contributed by atoms with van der Waals surface area (Å²) >= 11 is 0. The maximum Gasteiger partial charge on any atom is 0.113 e. The second kappa shape index (κ2) is 12.6. The lowest BCUT2D eigenvalue weighted by atomic mass is 9.87. The lowest BCUT2D eigenvalue weighted by Gasteiger charge is -2.44. The maximum atomic E-state index is 9.91. The van der Waals surface area contributed by atoms with E-state index in [0.717, 1.165) is 29.5 Å². The third-order valence-electron chi connectivity index (χ3n) is 7.33. The summed E-state index contributed by atoms with van der Waals surface area (Å²) in [7, 11) is 0. The van der Waals surface area contributed by atoms with Crippen molar-refractivity contribution in [1.82, 2.24) is 0 Å². The van der Waals surface area contributed by atoms with Gasteiger partial charge in [0.2, 0.25) is 0 Å². The number of fused-ring (bicyclic) bond motifs is 1. The molecule has 5 rings (SSSR count). The zero-order valence-electron chi connectivity index (χ0n) is 20.7. The third-order valence-corrected chi connectivity index (χ3v) is 7.33. The normalized spacial score (nSPS) is 27.6. The van der Waals surface area contributed by atoms with E-state index in [1.54, 1.807) is 0 Å². The van der Waals surface area contributed by atoms with Crippen molar-refractivity contribution in [3.8, 4) is 0 Å². The molecule has 0 aromatic heterocycles. The minimum Gasteiger partial charge on any atom is -0.396 e.